The van der Waals surface area contributed by atoms with Crippen molar-refractivity contribution in [3.63, 3.8) is 0 Å². The molecule has 1 aliphatic heterocycles. The van der Waals surface area contributed by atoms with E-state index in [0.29, 0.717) is 30.4 Å². The van der Waals surface area contributed by atoms with Crippen LogP contribution in [0.25, 0.3) is 11.4 Å². The van der Waals surface area contributed by atoms with E-state index in [1.165, 1.54) is 6.92 Å². The highest BCUT2D eigenvalue weighted by atomic mass is 35.5. The summed E-state index contributed by atoms with van der Waals surface area (Å²) in [6.45, 7) is 3.06. The zero-order chi connectivity index (χ0) is 17.8. The number of amides is 2. The molecule has 1 aromatic carbocycles. The molecule has 2 heterocycles. The van der Waals surface area contributed by atoms with E-state index in [1.807, 2.05) is 24.3 Å². The molecular formula is C17H23ClN6O2. The van der Waals surface area contributed by atoms with Crippen molar-refractivity contribution in [2.24, 2.45) is 11.7 Å². The average Bonchev–Trinajstić information content (AvgIpc) is 3.11. The summed E-state index contributed by atoms with van der Waals surface area (Å²) >= 11 is 0. The highest BCUT2D eigenvalue weighted by molar-refractivity contribution is 5.93. The van der Waals surface area contributed by atoms with Crippen molar-refractivity contribution in [2.45, 2.75) is 26.3 Å². The van der Waals surface area contributed by atoms with E-state index < -0.39 is 0 Å². The van der Waals surface area contributed by atoms with Crippen LogP contribution in [0.2, 0.25) is 0 Å². The first-order valence-corrected chi connectivity index (χ1v) is 8.35. The Morgan fingerprint density at radius 1 is 1.35 bits per heavy atom. The summed E-state index contributed by atoms with van der Waals surface area (Å²) in [6, 6.07) is 7.33. The summed E-state index contributed by atoms with van der Waals surface area (Å²) < 4.78 is 0. The molecule has 0 radical (unpaired) electrons. The third-order valence-electron chi connectivity index (χ3n) is 4.37. The monoisotopic (exact) mass is 378 g/mol. The normalized spacial score (nSPS) is 16.7. The van der Waals surface area contributed by atoms with Crippen LogP contribution in [-0.2, 0) is 16.1 Å². The molecule has 1 atom stereocenters. The number of piperidine rings is 1. The molecule has 2 amide bonds. The van der Waals surface area contributed by atoms with Gasteiger partial charge in [-0.3, -0.25) is 14.7 Å². The van der Waals surface area contributed by atoms with Crippen molar-refractivity contribution in [2.75, 3.05) is 18.4 Å². The molecule has 4 N–H and O–H groups in total. The van der Waals surface area contributed by atoms with Crippen LogP contribution in [-0.4, -0.2) is 45.0 Å². The first-order chi connectivity index (χ1) is 12.1. The SMILES string of the molecule is CC(=O)N1CCCC(C(=O)Nc2ccc(-c3n[nH]c(CN)n3)cc2)C1.Cl. The van der Waals surface area contributed by atoms with Gasteiger partial charge in [-0.15, -0.1) is 12.4 Å². The number of rotatable bonds is 4. The van der Waals surface area contributed by atoms with Gasteiger partial charge in [0.2, 0.25) is 11.8 Å². The number of hydrogen-bond donors (Lipinski definition) is 3. The predicted octanol–water partition coefficient (Wildman–Crippen LogP) is 1.55. The molecule has 140 valence electrons. The fourth-order valence-corrected chi connectivity index (χ4v) is 2.94. The van der Waals surface area contributed by atoms with Crippen molar-refractivity contribution in [3.8, 4) is 11.4 Å². The zero-order valence-electron chi connectivity index (χ0n) is 14.6. The molecule has 0 bridgehead atoms. The van der Waals surface area contributed by atoms with Crippen LogP contribution in [0, 0.1) is 5.92 Å². The van der Waals surface area contributed by atoms with Crippen LogP contribution in [0.3, 0.4) is 0 Å². The lowest BCUT2D eigenvalue weighted by atomic mass is 9.97. The number of nitrogens with zero attached hydrogens (tertiary/aromatic N) is 3. The minimum absolute atomic E-state index is 0. The topological polar surface area (TPSA) is 117 Å². The highest BCUT2D eigenvalue weighted by Gasteiger charge is 2.27. The fraction of sp³-hybridized carbons (Fsp3) is 0.412. The van der Waals surface area contributed by atoms with Gasteiger partial charge >= 0.3 is 0 Å². The molecule has 1 fully saturated rings. The molecule has 1 unspecified atom stereocenters. The van der Waals surface area contributed by atoms with Crippen LogP contribution in [0.4, 0.5) is 5.69 Å². The number of aromatic amines is 1. The molecule has 26 heavy (non-hydrogen) atoms. The van der Waals surface area contributed by atoms with Gasteiger partial charge in [-0.2, -0.15) is 5.10 Å². The molecule has 0 spiro atoms. The Morgan fingerprint density at radius 3 is 2.69 bits per heavy atom. The summed E-state index contributed by atoms with van der Waals surface area (Å²) in [7, 11) is 0. The Kier molecular flexibility index (Phi) is 6.70. The first-order valence-electron chi connectivity index (χ1n) is 8.35. The third-order valence-corrected chi connectivity index (χ3v) is 4.37. The van der Waals surface area contributed by atoms with Crippen molar-refractivity contribution in [1.82, 2.24) is 20.1 Å². The Morgan fingerprint density at radius 2 is 2.08 bits per heavy atom. The number of likely N-dealkylation sites (tertiary alicyclic amines) is 1. The smallest absolute Gasteiger partial charge is 0.229 e. The molecule has 1 aliphatic rings. The van der Waals surface area contributed by atoms with Gasteiger partial charge in [0.1, 0.15) is 5.82 Å². The van der Waals surface area contributed by atoms with E-state index in [0.717, 1.165) is 24.9 Å². The van der Waals surface area contributed by atoms with Crippen LogP contribution >= 0.6 is 12.4 Å². The van der Waals surface area contributed by atoms with E-state index in [9.17, 15) is 9.59 Å². The molecule has 2 aromatic rings. The van der Waals surface area contributed by atoms with Crippen LogP contribution in [0.15, 0.2) is 24.3 Å². The second-order valence-corrected chi connectivity index (χ2v) is 6.18. The number of nitrogens with two attached hydrogens (primary N) is 1. The Bertz CT molecular complexity index is 761. The van der Waals surface area contributed by atoms with Crippen LogP contribution < -0.4 is 11.1 Å². The average molecular weight is 379 g/mol. The van der Waals surface area contributed by atoms with Gasteiger partial charge in [0.05, 0.1) is 12.5 Å². The van der Waals surface area contributed by atoms with Gasteiger partial charge in [-0.25, -0.2) is 4.98 Å². The van der Waals surface area contributed by atoms with Gasteiger partial charge in [0, 0.05) is 31.3 Å². The number of anilines is 1. The van der Waals surface area contributed by atoms with Gasteiger partial charge in [-0.1, -0.05) is 0 Å². The standard InChI is InChI=1S/C17H22N6O2.ClH/c1-11(24)23-8-2-3-13(10-23)17(25)19-14-6-4-12(5-7-14)16-20-15(9-18)21-22-16;/h4-7,13H,2-3,8-10,18H2,1H3,(H,19,25)(H,20,21,22);1H. The number of H-pyrrole nitrogens is 1. The number of hydrogen-bond acceptors (Lipinski definition) is 5. The highest BCUT2D eigenvalue weighted by Crippen LogP contribution is 2.21. The van der Waals surface area contributed by atoms with Crippen molar-refractivity contribution < 1.29 is 9.59 Å². The summed E-state index contributed by atoms with van der Waals surface area (Å²) in [5.41, 5.74) is 7.07. The Labute approximate surface area is 158 Å². The first kappa shape index (κ1) is 19.9. The van der Waals surface area contributed by atoms with Gasteiger partial charge in [-0.05, 0) is 37.1 Å². The van der Waals surface area contributed by atoms with Crippen molar-refractivity contribution in [3.05, 3.63) is 30.1 Å². The molecule has 1 saturated heterocycles. The Hall–Kier alpha value is -2.45. The number of benzene rings is 1. The fourth-order valence-electron chi connectivity index (χ4n) is 2.94. The summed E-state index contributed by atoms with van der Waals surface area (Å²) in [5, 5.41) is 9.79. The molecule has 1 aromatic heterocycles. The molecule has 9 heteroatoms. The molecule has 0 saturated carbocycles. The Balaban J connectivity index is 0.00000243. The van der Waals surface area contributed by atoms with Crippen LogP contribution in [0.5, 0.6) is 0 Å². The summed E-state index contributed by atoms with van der Waals surface area (Å²) in [6.07, 6.45) is 1.65. The second-order valence-electron chi connectivity index (χ2n) is 6.18. The van der Waals surface area contributed by atoms with E-state index in [1.54, 1.807) is 4.90 Å². The maximum absolute atomic E-state index is 12.4. The number of aromatic nitrogens is 3. The second kappa shape index (κ2) is 8.77. The quantitative estimate of drug-likeness (QED) is 0.746. The van der Waals surface area contributed by atoms with E-state index in [4.69, 9.17) is 5.73 Å². The van der Waals surface area contributed by atoms with Crippen LogP contribution in [0.1, 0.15) is 25.6 Å². The zero-order valence-corrected chi connectivity index (χ0v) is 15.4. The minimum Gasteiger partial charge on any atom is -0.342 e. The molecular weight excluding hydrogens is 356 g/mol. The maximum atomic E-state index is 12.4. The molecule has 0 aliphatic carbocycles. The lowest BCUT2D eigenvalue weighted by Crippen LogP contribution is -2.42. The maximum Gasteiger partial charge on any atom is 0.229 e. The van der Waals surface area contributed by atoms with Gasteiger partial charge in [0.15, 0.2) is 5.82 Å². The third kappa shape index (κ3) is 4.59. The number of halogens is 1. The number of carbonyl (C=O) groups excluding carboxylic acids is 2. The lowest BCUT2D eigenvalue weighted by Gasteiger charge is -2.31. The largest absolute Gasteiger partial charge is 0.342 e. The lowest BCUT2D eigenvalue weighted by molar-refractivity contribution is -0.132. The summed E-state index contributed by atoms with van der Waals surface area (Å²) in [5.74, 6) is 0.993. The van der Waals surface area contributed by atoms with E-state index >= 15 is 0 Å². The minimum atomic E-state index is -0.169. The van der Waals surface area contributed by atoms with E-state index in [2.05, 4.69) is 20.5 Å². The van der Waals surface area contributed by atoms with Gasteiger partial charge < -0.3 is 16.0 Å². The van der Waals surface area contributed by atoms with Crippen molar-refractivity contribution in [1.29, 1.82) is 0 Å². The van der Waals surface area contributed by atoms with E-state index in [-0.39, 0.29) is 30.1 Å². The number of carbonyl (C=O) groups is 2. The molecule has 8 nitrogen and oxygen atoms in total. The van der Waals surface area contributed by atoms with Gasteiger partial charge in [0.25, 0.3) is 0 Å². The predicted molar refractivity (Wildman–Crippen MR) is 101 cm³/mol. The summed E-state index contributed by atoms with van der Waals surface area (Å²) in [4.78, 5) is 29.9. The van der Waals surface area contributed by atoms with Crippen molar-refractivity contribution >= 4 is 29.9 Å². The number of nitrogens with one attached hydrogen (secondary N) is 2. The molecule has 3 rings (SSSR count).